The summed E-state index contributed by atoms with van der Waals surface area (Å²) in [5.41, 5.74) is 8.12. The highest BCUT2D eigenvalue weighted by Crippen LogP contribution is 2.29. The van der Waals surface area contributed by atoms with Gasteiger partial charge in [-0.2, -0.15) is 0 Å². The largest absolute Gasteiger partial charge is 0.507 e. The highest BCUT2D eigenvalue weighted by atomic mass is 16.3. The van der Waals surface area contributed by atoms with Crippen LogP contribution in [0.1, 0.15) is 12.8 Å². The number of aromatic nitrogens is 2. The van der Waals surface area contributed by atoms with Crippen LogP contribution in [-0.4, -0.2) is 34.8 Å². The van der Waals surface area contributed by atoms with Crippen molar-refractivity contribution in [1.29, 1.82) is 0 Å². The Morgan fingerprint density at radius 3 is 2.79 bits per heavy atom. The zero-order valence-electron chi connectivity index (χ0n) is 13.5. The topological polar surface area (TPSA) is 113 Å². The van der Waals surface area contributed by atoms with E-state index in [-0.39, 0.29) is 17.5 Å². The summed E-state index contributed by atoms with van der Waals surface area (Å²) in [7, 11) is 1.58. The minimum atomic E-state index is -0.151. The second kappa shape index (κ2) is 7.96. The van der Waals surface area contributed by atoms with Crippen molar-refractivity contribution in [3.8, 4) is 17.0 Å². The fraction of sp³-hybridized carbons (Fsp3) is 0.235. The lowest BCUT2D eigenvalue weighted by Crippen LogP contribution is -2.19. The van der Waals surface area contributed by atoms with Crippen LogP contribution in [0.4, 0.5) is 11.5 Å². The molecule has 5 N–H and O–H groups in total. The summed E-state index contributed by atoms with van der Waals surface area (Å²) >= 11 is 0. The van der Waals surface area contributed by atoms with Crippen LogP contribution < -0.4 is 16.4 Å². The number of hydrogen-bond donors (Lipinski definition) is 4. The van der Waals surface area contributed by atoms with Crippen molar-refractivity contribution >= 4 is 17.4 Å². The summed E-state index contributed by atoms with van der Waals surface area (Å²) < 4.78 is 0. The average molecular weight is 327 g/mol. The fourth-order valence-corrected chi connectivity index (χ4v) is 2.18. The van der Waals surface area contributed by atoms with Crippen molar-refractivity contribution in [3.63, 3.8) is 0 Å². The Balaban J connectivity index is 2.01. The summed E-state index contributed by atoms with van der Waals surface area (Å²) in [6.07, 6.45) is 1.30. The van der Waals surface area contributed by atoms with Gasteiger partial charge in [-0.15, -0.1) is 10.2 Å². The Hall–Kier alpha value is -3.09. The number of nitrogen functional groups attached to an aromatic ring is 1. The van der Waals surface area contributed by atoms with E-state index in [1.807, 2.05) is 6.07 Å². The number of aromatic hydroxyl groups is 1. The molecular weight excluding hydrogens is 306 g/mol. The van der Waals surface area contributed by atoms with Gasteiger partial charge in [-0.1, -0.05) is 18.7 Å². The van der Waals surface area contributed by atoms with Crippen LogP contribution >= 0.6 is 0 Å². The van der Waals surface area contributed by atoms with Crippen molar-refractivity contribution in [2.45, 2.75) is 12.8 Å². The summed E-state index contributed by atoms with van der Waals surface area (Å²) in [5, 5.41) is 23.6. The number of nitrogens with two attached hydrogens (primary N) is 1. The molecule has 24 heavy (non-hydrogen) atoms. The van der Waals surface area contributed by atoms with Gasteiger partial charge in [0.1, 0.15) is 5.75 Å². The molecule has 7 heteroatoms. The van der Waals surface area contributed by atoms with Gasteiger partial charge < -0.3 is 21.5 Å². The predicted octanol–water partition coefficient (Wildman–Crippen LogP) is 1.93. The smallest absolute Gasteiger partial charge is 0.246 e. The van der Waals surface area contributed by atoms with Crippen LogP contribution in [0.15, 0.2) is 42.5 Å². The number of nitrogens with one attached hydrogen (secondary N) is 2. The van der Waals surface area contributed by atoms with Gasteiger partial charge in [-0.05, 0) is 31.0 Å². The number of hydrogen-bond acceptors (Lipinski definition) is 6. The average Bonchev–Trinajstić information content (AvgIpc) is 2.59. The number of rotatable bonds is 7. The monoisotopic (exact) mass is 327 g/mol. The molecule has 0 fully saturated rings. The van der Waals surface area contributed by atoms with Crippen LogP contribution in [0.2, 0.25) is 0 Å². The third-order valence-electron chi connectivity index (χ3n) is 3.52. The molecule has 0 bridgehead atoms. The van der Waals surface area contributed by atoms with Gasteiger partial charge in [0.15, 0.2) is 5.82 Å². The fourth-order valence-electron chi connectivity index (χ4n) is 2.18. The number of benzene rings is 1. The molecule has 0 atom stereocenters. The van der Waals surface area contributed by atoms with Crippen LogP contribution in [0.25, 0.3) is 11.3 Å². The number of phenols is 1. The Morgan fingerprint density at radius 2 is 2.08 bits per heavy atom. The molecule has 1 heterocycles. The molecule has 0 aliphatic heterocycles. The highest BCUT2D eigenvalue weighted by Gasteiger charge is 2.09. The van der Waals surface area contributed by atoms with E-state index in [2.05, 4.69) is 27.4 Å². The van der Waals surface area contributed by atoms with E-state index in [1.54, 1.807) is 31.3 Å². The van der Waals surface area contributed by atoms with Crippen molar-refractivity contribution < 1.29 is 9.90 Å². The number of likely N-dealkylation sites (N-methyl/N-ethyl adjacent to an activating group) is 1. The van der Waals surface area contributed by atoms with Crippen molar-refractivity contribution in [2.75, 3.05) is 24.6 Å². The minimum absolute atomic E-state index is 0.129. The molecule has 0 aliphatic rings. The zero-order valence-corrected chi connectivity index (χ0v) is 13.5. The van der Waals surface area contributed by atoms with Crippen molar-refractivity contribution in [2.24, 2.45) is 0 Å². The van der Waals surface area contributed by atoms with Gasteiger partial charge in [0.2, 0.25) is 5.91 Å². The first-order chi connectivity index (χ1) is 11.5. The number of phenolic OH excluding ortho intramolecular Hbond substituents is 1. The third kappa shape index (κ3) is 4.22. The molecule has 2 rings (SSSR count). The molecule has 0 unspecified atom stereocenters. The first-order valence-corrected chi connectivity index (χ1v) is 7.58. The normalized spacial score (nSPS) is 10.2. The number of carbonyl (C=O) groups excluding carboxylic acids is 1. The summed E-state index contributed by atoms with van der Waals surface area (Å²) in [6.45, 7) is 4.34. The van der Waals surface area contributed by atoms with Gasteiger partial charge >= 0.3 is 0 Å². The molecule has 126 valence electrons. The molecule has 1 aromatic heterocycles. The number of carbonyl (C=O) groups is 1. The van der Waals surface area contributed by atoms with Crippen molar-refractivity contribution in [3.05, 3.63) is 42.5 Å². The first-order valence-electron chi connectivity index (χ1n) is 7.58. The Labute approximate surface area is 140 Å². The van der Waals surface area contributed by atoms with Crippen LogP contribution in [0.5, 0.6) is 5.75 Å². The van der Waals surface area contributed by atoms with E-state index in [0.717, 1.165) is 6.42 Å². The molecule has 2 aromatic rings. The maximum absolute atomic E-state index is 11.4. The van der Waals surface area contributed by atoms with Gasteiger partial charge in [0.05, 0.1) is 11.4 Å². The van der Waals surface area contributed by atoms with E-state index in [9.17, 15) is 9.90 Å². The Kier molecular flexibility index (Phi) is 5.73. The first kappa shape index (κ1) is 17.3. The van der Waals surface area contributed by atoms with Crippen LogP contribution in [0, 0.1) is 0 Å². The minimum Gasteiger partial charge on any atom is -0.507 e. The van der Waals surface area contributed by atoms with Crippen molar-refractivity contribution in [1.82, 2.24) is 15.5 Å². The lowest BCUT2D eigenvalue weighted by molar-refractivity contribution is -0.117. The van der Waals surface area contributed by atoms with Gasteiger partial charge in [-0.25, -0.2) is 0 Å². The van der Waals surface area contributed by atoms with E-state index in [0.29, 0.717) is 35.5 Å². The molecule has 7 nitrogen and oxygen atoms in total. The van der Waals surface area contributed by atoms with Crippen LogP contribution in [-0.2, 0) is 4.79 Å². The molecule has 0 saturated heterocycles. The molecule has 0 saturated carbocycles. The van der Waals surface area contributed by atoms with E-state index >= 15 is 0 Å². The lowest BCUT2D eigenvalue weighted by atomic mass is 10.1. The number of para-hydroxylation sites is 1. The zero-order chi connectivity index (χ0) is 17.5. The summed E-state index contributed by atoms with van der Waals surface area (Å²) in [5.74, 6) is 0.255. The quantitative estimate of drug-likeness (QED) is 0.456. The van der Waals surface area contributed by atoms with Gasteiger partial charge in [0.25, 0.3) is 0 Å². The molecule has 0 spiro atoms. The molecule has 1 amide bonds. The summed E-state index contributed by atoms with van der Waals surface area (Å²) in [6, 6.07) is 8.63. The van der Waals surface area contributed by atoms with E-state index < -0.39 is 0 Å². The number of amides is 1. The maximum atomic E-state index is 11.4. The Bertz CT molecular complexity index is 746. The van der Waals surface area contributed by atoms with Gasteiger partial charge in [-0.3, -0.25) is 4.79 Å². The predicted molar refractivity (Wildman–Crippen MR) is 94.5 cm³/mol. The Morgan fingerprint density at radius 1 is 1.33 bits per heavy atom. The standard InChI is InChI=1S/C17H21N5O2/c1-11(17(24)19-2)6-5-9-20-14-10-13(21-22-16(14)18)12-7-3-4-8-15(12)23/h3-4,7-8,10,23H,1,5-6,9H2,2H3,(H2,18,22)(H,19,24)(H,20,21). The van der Waals surface area contributed by atoms with E-state index in [4.69, 9.17) is 5.73 Å². The molecule has 0 aliphatic carbocycles. The SMILES string of the molecule is C=C(CCCNc1cc(-c2ccccc2O)nnc1N)C(=O)NC. The molecular formula is C17H21N5O2. The second-order valence-electron chi connectivity index (χ2n) is 5.26. The lowest BCUT2D eigenvalue weighted by Gasteiger charge is -2.11. The molecule has 1 aromatic carbocycles. The number of anilines is 2. The summed E-state index contributed by atoms with van der Waals surface area (Å²) in [4.78, 5) is 11.4. The van der Waals surface area contributed by atoms with Crippen LogP contribution in [0.3, 0.4) is 0 Å². The number of nitrogens with zero attached hydrogens (tertiary/aromatic N) is 2. The second-order valence-corrected chi connectivity index (χ2v) is 5.26. The van der Waals surface area contributed by atoms with Gasteiger partial charge in [0, 0.05) is 24.7 Å². The highest BCUT2D eigenvalue weighted by molar-refractivity contribution is 5.92. The molecule has 0 radical (unpaired) electrons. The third-order valence-corrected chi connectivity index (χ3v) is 3.52. The van der Waals surface area contributed by atoms with E-state index in [1.165, 1.54) is 0 Å². The maximum Gasteiger partial charge on any atom is 0.246 e.